The Morgan fingerprint density at radius 3 is 3.17 bits per heavy atom. The second-order valence-electron chi connectivity index (χ2n) is 6.15. The molecule has 1 aliphatic rings. The van der Waals surface area contributed by atoms with Crippen molar-refractivity contribution in [2.45, 2.75) is 32.7 Å². The molecule has 2 aromatic rings. The average Bonchev–Trinajstić information content (AvgIpc) is 3.19. The number of likely N-dealkylation sites (tertiary alicyclic amines) is 1. The largest absolute Gasteiger partial charge is 0.351 e. The van der Waals surface area contributed by atoms with E-state index in [-0.39, 0.29) is 5.91 Å². The molecule has 3 heterocycles. The summed E-state index contributed by atoms with van der Waals surface area (Å²) in [5.41, 5.74) is 2.87. The number of H-pyrrole nitrogens is 1. The lowest BCUT2D eigenvalue weighted by Crippen LogP contribution is -2.36. The zero-order valence-electron chi connectivity index (χ0n) is 13.4. The van der Waals surface area contributed by atoms with Gasteiger partial charge in [0, 0.05) is 31.5 Å². The van der Waals surface area contributed by atoms with Gasteiger partial charge in [0.15, 0.2) is 0 Å². The maximum absolute atomic E-state index is 11.9. The fraction of sp³-hybridized carbons (Fsp3) is 0.562. The van der Waals surface area contributed by atoms with Crippen molar-refractivity contribution in [3.05, 3.63) is 34.3 Å². The van der Waals surface area contributed by atoms with Crippen LogP contribution in [-0.4, -0.2) is 45.4 Å². The van der Waals surface area contributed by atoms with E-state index in [1.54, 1.807) is 11.7 Å². The van der Waals surface area contributed by atoms with Crippen LogP contribution in [0.25, 0.3) is 0 Å². The number of carbonyl (C=O) groups excluding carboxylic acids is 1. The molecular weight excluding hydrogens is 310 g/mol. The van der Waals surface area contributed by atoms with Crippen LogP contribution in [0.1, 0.15) is 40.5 Å². The first-order chi connectivity index (χ1) is 11.2. The Kier molecular flexibility index (Phi) is 5.40. The van der Waals surface area contributed by atoms with E-state index in [4.69, 9.17) is 0 Å². The molecule has 1 amide bonds. The molecule has 0 saturated carbocycles. The third-order valence-electron chi connectivity index (χ3n) is 4.25. The Morgan fingerprint density at radius 1 is 1.52 bits per heavy atom. The van der Waals surface area contributed by atoms with Gasteiger partial charge in [0.2, 0.25) is 0 Å². The Hall–Kier alpha value is -1.73. The molecule has 0 radical (unpaired) electrons. The van der Waals surface area contributed by atoms with E-state index in [2.05, 4.69) is 25.2 Å². The standard InChI is InChI=1S/C16H23N5OS/c1-12-19-7-14(20-12)10-21-6-2-3-13(9-21)4-5-18-16(22)15-8-17-11-23-15/h7-8,11,13H,2-6,9-10H2,1H3,(H,18,22)(H,19,20)/t13-/m0/s1. The van der Waals surface area contributed by atoms with Gasteiger partial charge in [-0.05, 0) is 38.6 Å². The van der Waals surface area contributed by atoms with Crippen molar-refractivity contribution in [2.24, 2.45) is 5.92 Å². The minimum Gasteiger partial charge on any atom is -0.351 e. The van der Waals surface area contributed by atoms with E-state index in [1.807, 2.05) is 13.1 Å². The number of aromatic nitrogens is 3. The molecule has 0 unspecified atom stereocenters. The zero-order valence-corrected chi connectivity index (χ0v) is 14.2. The molecule has 2 N–H and O–H groups in total. The number of hydrogen-bond acceptors (Lipinski definition) is 5. The van der Waals surface area contributed by atoms with Gasteiger partial charge >= 0.3 is 0 Å². The maximum atomic E-state index is 11.9. The van der Waals surface area contributed by atoms with Crippen molar-refractivity contribution >= 4 is 17.2 Å². The predicted molar refractivity (Wildman–Crippen MR) is 90.4 cm³/mol. The molecular formula is C16H23N5OS. The number of piperidine rings is 1. The first-order valence-electron chi connectivity index (χ1n) is 8.10. The number of aromatic amines is 1. The summed E-state index contributed by atoms with van der Waals surface area (Å²) >= 11 is 1.38. The summed E-state index contributed by atoms with van der Waals surface area (Å²) in [6.45, 7) is 5.88. The van der Waals surface area contributed by atoms with Crippen molar-refractivity contribution in [1.29, 1.82) is 0 Å². The van der Waals surface area contributed by atoms with Gasteiger partial charge in [-0.15, -0.1) is 11.3 Å². The van der Waals surface area contributed by atoms with Crippen LogP contribution >= 0.6 is 11.3 Å². The van der Waals surface area contributed by atoms with Crippen LogP contribution in [0.5, 0.6) is 0 Å². The molecule has 1 saturated heterocycles. The molecule has 2 aromatic heterocycles. The van der Waals surface area contributed by atoms with Gasteiger partial charge in [0.1, 0.15) is 10.7 Å². The molecule has 3 rings (SSSR count). The highest BCUT2D eigenvalue weighted by molar-refractivity contribution is 7.11. The highest BCUT2D eigenvalue weighted by Gasteiger charge is 2.20. The number of aryl methyl sites for hydroxylation is 1. The molecule has 0 spiro atoms. The molecule has 0 aromatic carbocycles. The number of thiazole rings is 1. The number of nitrogens with zero attached hydrogens (tertiary/aromatic N) is 3. The predicted octanol–water partition coefficient (Wildman–Crippen LogP) is 2.21. The lowest BCUT2D eigenvalue weighted by molar-refractivity contribution is 0.0950. The maximum Gasteiger partial charge on any atom is 0.262 e. The Morgan fingerprint density at radius 2 is 2.43 bits per heavy atom. The van der Waals surface area contributed by atoms with Gasteiger partial charge in [0.25, 0.3) is 5.91 Å². The average molecular weight is 333 g/mol. The number of nitrogens with one attached hydrogen (secondary N) is 2. The van der Waals surface area contributed by atoms with E-state index < -0.39 is 0 Å². The number of hydrogen-bond donors (Lipinski definition) is 2. The second kappa shape index (κ2) is 7.70. The molecule has 6 nitrogen and oxygen atoms in total. The lowest BCUT2D eigenvalue weighted by atomic mass is 9.94. The third-order valence-corrected chi connectivity index (χ3v) is 5.02. The Labute approximate surface area is 140 Å². The fourth-order valence-corrected chi connectivity index (χ4v) is 3.66. The van der Waals surface area contributed by atoms with E-state index in [9.17, 15) is 4.79 Å². The van der Waals surface area contributed by atoms with Crippen molar-refractivity contribution < 1.29 is 4.79 Å². The topological polar surface area (TPSA) is 73.9 Å². The smallest absolute Gasteiger partial charge is 0.262 e. The normalized spacial score (nSPS) is 18.9. The molecule has 1 atom stereocenters. The Balaban J connectivity index is 1.41. The monoisotopic (exact) mass is 333 g/mol. The number of amides is 1. The van der Waals surface area contributed by atoms with Gasteiger partial charge in [-0.1, -0.05) is 0 Å². The van der Waals surface area contributed by atoms with Crippen LogP contribution in [-0.2, 0) is 6.54 Å². The first kappa shape index (κ1) is 16.1. The molecule has 1 fully saturated rings. The highest BCUT2D eigenvalue weighted by Crippen LogP contribution is 2.20. The van der Waals surface area contributed by atoms with Gasteiger partial charge in [-0.25, -0.2) is 4.98 Å². The summed E-state index contributed by atoms with van der Waals surface area (Å²) < 4.78 is 0. The molecule has 124 valence electrons. The lowest BCUT2D eigenvalue weighted by Gasteiger charge is -2.32. The van der Waals surface area contributed by atoms with Gasteiger partial charge in [-0.3, -0.25) is 14.7 Å². The molecule has 1 aliphatic heterocycles. The van der Waals surface area contributed by atoms with Crippen LogP contribution in [0.4, 0.5) is 0 Å². The Bertz CT molecular complexity index is 624. The minimum atomic E-state index is -0.00639. The van der Waals surface area contributed by atoms with Crippen molar-refractivity contribution in [3.8, 4) is 0 Å². The molecule has 23 heavy (non-hydrogen) atoms. The van der Waals surface area contributed by atoms with Gasteiger partial charge in [0.05, 0.1) is 11.7 Å². The summed E-state index contributed by atoms with van der Waals surface area (Å²) in [5.74, 6) is 1.61. The SMILES string of the molecule is Cc1ncc(CN2CCC[C@@H](CCNC(=O)c3cncs3)C2)[nH]1. The van der Waals surface area contributed by atoms with Gasteiger partial charge < -0.3 is 10.3 Å². The van der Waals surface area contributed by atoms with Crippen molar-refractivity contribution in [1.82, 2.24) is 25.2 Å². The summed E-state index contributed by atoms with van der Waals surface area (Å²) in [4.78, 5) is 26.6. The molecule has 0 bridgehead atoms. The minimum absolute atomic E-state index is 0.00639. The fourth-order valence-electron chi connectivity index (χ4n) is 3.13. The first-order valence-corrected chi connectivity index (χ1v) is 8.98. The van der Waals surface area contributed by atoms with Gasteiger partial charge in [-0.2, -0.15) is 0 Å². The van der Waals surface area contributed by atoms with Crippen LogP contribution in [0.2, 0.25) is 0 Å². The van der Waals surface area contributed by atoms with E-state index >= 15 is 0 Å². The summed E-state index contributed by atoms with van der Waals surface area (Å²) in [6.07, 6.45) is 7.04. The van der Waals surface area contributed by atoms with Crippen LogP contribution in [0, 0.1) is 12.8 Å². The van der Waals surface area contributed by atoms with Crippen LogP contribution in [0.3, 0.4) is 0 Å². The van der Waals surface area contributed by atoms with Crippen molar-refractivity contribution in [2.75, 3.05) is 19.6 Å². The van der Waals surface area contributed by atoms with E-state index in [0.29, 0.717) is 10.8 Å². The summed E-state index contributed by atoms with van der Waals surface area (Å²) in [6, 6.07) is 0. The molecule has 0 aliphatic carbocycles. The summed E-state index contributed by atoms with van der Waals surface area (Å²) in [5, 5.41) is 3.00. The second-order valence-corrected chi connectivity index (χ2v) is 7.03. The number of rotatable bonds is 6. The highest BCUT2D eigenvalue weighted by atomic mass is 32.1. The number of imidazole rings is 1. The quantitative estimate of drug-likeness (QED) is 0.850. The van der Waals surface area contributed by atoms with Crippen LogP contribution in [0.15, 0.2) is 17.9 Å². The van der Waals surface area contributed by atoms with E-state index in [1.165, 1.54) is 29.9 Å². The van der Waals surface area contributed by atoms with Crippen LogP contribution < -0.4 is 5.32 Å². The zero-order chi connectivity index (χ0) is 16.1. The van der Waals surface area contributed by atoms with Crippen molar-refractivity contribution in [3.63, 3.8) is 0 Å². The number of carbonyl (C=O) groups is 1. The third kappa shape index (κ3) is 4.62. The molecule has 7 heteroatoms. The van der Waals surface area contributed by atoms with E-state index in [0.717, 1.165) is 38.4 Å². The summed E-state index contributed by atoms with van der Waals surface area (Å²) in [7, 11) is 0.